The summed E-state index contributed by atoms with van der Waals surface area (Å²) < 4.78 is 114. The summed E-state index contributed by atoms with van der Waals surface area (Å²) in [6, 6.07) is 9.12. The van der Waals surface area contributed by atoms with Gasteiger partial charge in [0.2, 0.25) is 10.0 Å². The van der Waals surface area contributed by atoms with Gasteiger partial charge in [-0.2, -0.15) is 27.1 Å². The van der Waals surface area contributed by atoms with Gasteiger partial charge in [-0.05, 0) is 60.0 Å². The maximum atomic E-state index is 14.2. The molecule has 0 aliphatic rings. The molecule has 0 radical (unpaired) electrons. The average molecular weight is 556 g/mol. The number of benzene rings is 3. The summed E-state index contributed by atoms with van der Waals surface area (Å²) in [5.41, 5.74) is -2.02. The number of nitrogens with zero attached hydrogens (tertiary/aromatic N) is 2. The summed E-state index contributed by atoms with van der Waals surface area (Å²) >= 11 is 0. The van der Waals surface area contributed by atoms with E-state index in [1.165, 1.54) is 23.0 Å². The number of hydrogen-bond donors (Lipinski definition) is 1. The fourth-order valence-electron chi connectivity index (χ4n) is 4.05. The quantitative estimate of drug-likeness (QED) is 0.271. The van der Waals surface area contributed by atoms with Crippen molar-refractivity contribution in [1.29, 1.82) is 0 Å². The normalized spacial score (nSPS) is 12.2. The van der Waals surface area contributed by atoms with E-state index in [0.29, 0.717) is 18.2 Å². The van der Waals surface area contributed by atoms with Crippen LogP contribution in [0.5, 0.6) is 5.75 Å². The topological polar surface area (TPSA) is 87.2 Å². The molecule has 4 rings (SSSR count). The van der Waals surface area contributed by atoms with Crippen LogP contribution in [0, 0.1) is 5.82 Å². The molecule has 0 fully saturated rings. The van der Waals surface area contributed by atoms with Gasteiger partial charge in [0.15, 0.2) is 0 Å². The van der Waals surface area contributed by atoms with Crippen LogP contribution in [0.1, 0.15) is 12.5 Å². The molecule has 0 saturated carbocycles. The van der Waals surface area contributed by atoms with Crippen LogP contribution in [0.4, 0.5) is 26.3 Å². The Morgan fingerprint density at radius 3 is 2.34 bits per heavy atom. The average Bonchev–Trinajstić information content (AvgIpc) is 3.32. The van der Waals surface area contributed by atoms with E-state index in [-0.39, 0.29) is 22.3 Å². The molecule has 0 unspecified atom stereocenters. The molecule has 200 valence electrons. The molecule has 0 saturated heterocycles. The summed E-state index contributed by atoms with van der Waals surface area (Å²) in [5.74, 6) is -1.26. The van der Waals surface area contributed by atoms with E-state index in [9.17, 15) is 34.8 Å². The van der Waals surface area contributed by atoms with Gasteiger partial charge in [-0.15, -0.1) is 0 Å². The van der Waals surface area contributed by atoms with Crippen molar-refractivity contribution < 1.29 is 39.5 Å². The fraction of sp³-hybridized carbons (Fsp3) is 0.160. The second-order valence-electron chi connectivity index (χ2n) is 8.09. The number of ether oxygens (including phenoxy) is 1. The van der Waals surface area contributed by atoms with Crippen molar-refractivity contribution in [2.24, 2.45) is 5.14 Å². The van der Waals surface area contributed by atoms with Crippen molar-refractivity contribution in [3.8, 4) is 39.1 Å². The number of hydrogen-bond acceptors (Lipinski definition) is 4. The number of aryl methyl sites for hydroxylation is 1. The van der Waals surface area contributed by atoms with Crippen LogP contribution in [0.25, 0.3) is 33.4 Å². The highest BCUT2D eigenvalue weighted by Crippen LogP contribution is 2.45. The van der Waals surface area contributed by atoms with Crippen LogP contribution in [0.15, 0.2) is 71.9 Å². The molecule has 3 aromatic carbocycles. The lowest BCUT2D eigenvalue weighted by molar-refractivity contribution is -0.137. The SMILES string of the molecule is CCn1cc(-c2ccc(-c3cc(F)ccc3OC(F)F)cc2-c2c(C(F)(F)F)cccc2S(N)(=O)=O)cn1. The highest BCUT2D eigenvalue weighted by molar-refractivity contribution is 7.89. The van der Waals surface area contributed by atoms with E-state index in [1.54, 1.807) is 13.1 Å². The van der Waals surface area contributed by atoms with Crippen LogP contribution in [0.3, 0.4) is 0 Å². The molecule has 0 aliphatic heterocycles. The van der Waals surface area contributed by atoms with E-state index in [0.717, 1.165) is 36.4 Å². The molecule has 4 aromatic rings. The van der Waals surface area contributed by atoms with E-state index in [1.807, 2.05) is 0 Å². The molecule has 0 spiro atoms. The third kappa shape index (κ3) is 5.53. The van der Waals surface area contributed by atoms with Crippen LogP contribution in [0.2, 0.25) is 0 Å². The zero-order valence-corrected chi connectivity index (χ0v) is 20.3. The van der Waals surface area contributed by atoms with Gasteiger partial charge in [-0.25, -0.2) is 17.9 Å². The van der Waals surface area contributed by atoms with Crippen molar-refractivity contribution in [2.75, 3.05) is 0 Å². The van der Waals surface area contributed by atoms with Crippen molar-refractivity contribution in [3.05, 3.63) is 78.4 Å². The van der Waals surface area contributed by atoms with Gasteiger partial charge >= 0.3 is 12.8 Å². The number of primary sulfonamides is 1. The first kappa shape index (κ1) is 27.2. The number of halogens is 6. The van der Waals surface area contributed by atoms with E-state index in [2.05, 4.69) is 9.84 Å². The monoisotopic (exact) mass is 555 g/mol. The standard InChI is InChI=1S/C25H19F6N3O3S/c1-2-34-13-15(12-33-34)17-8-6-14(18-11-16(26)7-9-21(18)37-24(27)28)10-19(17)23-20(25(29,30)31)4-3-5-22(23)38(32,35)36/h3-13,24H,2H2,1H3,(H2,32,35,36). The fourth-order valence-corrected chi connectivity index (χ4v) is 4.83. The Labute approximate surface area is 213 Å². The third-order valence-electron chi connectivity index (χ3n) is 5.66. The Balaban J connectivity index is 2.12. The Morgan fingerprint density at radius 1 is 1.00 bits per heavy atom. The Hall–Kier alpha value is -3.84. The molecule has 1 aromatic heterocycles. The summed E-state index contributed by atoms with van der Waals surface area (Å²) in [4.78, 5) is -0.808. The molecular formula is C25H19F6N3O3S. The van der Waals surface area contributed by atoms with Gasteiger partial charge < -0.3 is 4.74 Å². The second kappa shape index (κ2) is 10.1. The van der Waals surface area contributed by atoms with Gasteiger partial charge in [-0.1, -0.05) is 18.2 Å². The molecule has 1 heterocycles. The summed E-state index contributed by atoms with van der Waals surface area (Å²) in [6.45, 7) is -1.04. The lowest BCUT2D eigenvalue weighted by atomic mass is 9.89. The third-order valence-corrected chi connectivity index (χ3v) is 6.62. The minimum absolute atomic E-state index is 0.0147. The first-order valence-corrected chi connectivity index (χ1v) is 12.5. The lowest BCUT2D eigenvalue weighted by Crippen LogP contribution is -2.17. The number of sulfonamides is 1. The summed E-state index contributed by atoms with van der Waals surface area (Å²) in [7, 11) is -4.68. The Kier molecular flexibility index (Phi) is 7.26. The molecule has 2 N–H and O–H groups in total. The Bertz CT molecular complexity index is 1600. The molecule has 0 bridgehead atoms. The second-order valence-corrected chi connectivity index (χ2v) is 9.62. The molecule has 0 amide bonds. The summed E-state index contributed by atoms with van der Waals surface area (Å²) in [5, 5.41) is 9.43. The van der Waals surface area contributed by atoms with E-state index < -0.39 is 50.4 Å². The predicted molar refractivity (Wildman–Crippen MR) is 127 cm³/mol. The van der Waals surface area contributed by atoms with Crippen LogP contribution in [-0.4, -0.2) is 24.8 Å². The zero-order chi connectivity index (χ0) is 27.8. The minimum atomic E-state index is -5.00. The van der Waals surface area contributed by atoms with E-state index in [4.69, 9.17) is 5.14 Å². The van der Waals surface area contributed by atoms with Gasteiger partial charge in [0, 0.05) is 29.4 Å². The first-order chi connectivity index (χ1) is 17.8. The van der Waals surface area contributed by atoms with Crippen molar-refractivity contribution in [2.45, 2.75) is 31.2 Å². The van der Waals surface area contributed by atoms with Gasteiger partial charge in [0.25, 0.3) is 0 Å². The van der Waals surface area contributed by atoms with E-state index >= 15 is 0 Å². The van der Waals surface area contributed by atoms with Gasteiger partial charge in [0.1, 0.15) is 11.6 Å². The van der Waals surface area contributed by atoms with Crippen molar-refractivity contribution in [3.63, 3.8) is 0 Å². The highest BCUT2D eigenvalue weighted by atomic mass is 32.2. The lowest BCUT2D eigenvalue weighted by Gasteiger charge is -2.20. The number of nitrogens with two attached hydrogens (primary N) is 1. The number of rotatable bonds is 7. The minimum Gasteiger partial charge on any atom is -0.434 e. The van der Waals surface area contributed by atoms with Gasteiger partial charge in [-0.3, -0.25) is 4.68 Å². The summed E-state index contributed by atoms with van der Waals surface area (Å²) in [6.07, 6.45) is -2.08. The molecular weight excluding hydrogens is 536 g/mol. The molecule has 6 nitrogen and oxygen atoms in total. The number of alkyl halides is 5. The molecule has 0 atom stereocenters. The van der Waals surface area contributed by atoms with Crippen LogP contribution in [-0.2, 0) is 22.7 Å². The van der Waals surface area contributed by atoms with Crippen LogP contribution < -0.4 is 9.88 Å². The van der Waals surface area contributed by atoms with Gasteiger partial charge in [0.05, 0.1) is 16.7 Å². The van der Waals surface area contributed by atoms with Crippen molar-refractivity contribution >= 4 is 10.0 Å². The van der Waals surface area contributed by atoms with Crippen molar-refractivity contribution in [1.82, 2.24) is 9.78 Å². The Morgan fingerprint density at radius 2 is 1.74 bits per heavy atom. The van der Waals surface area contributed by atoms with Crippen LogP contribution >= 0.6 is 0 Å². The largest absolute Gasteiger partial charge is 0.434 e. The first-order valence-electron chi connectivity index (χ1n) is 10.9. The maximum Gasteiger partial charge on any atom is 0.417 e. The molecule has 38 heavy (non-hydrogen) atoms. The maximum absolute atomic E-state index is 14.2. The smallest absolute Gasteiger partial charge is 0.417 e. The predicted octanol–water partition coefficient (Wildman–Crippen LogP) is 6.31. The number of aromatic nitrogens is 2. The zero-order valence-electron chi connectivity index (χ0n) is 19.5. The molecule has 0 aliphatic carbocycles. The molecule has 13 heteroatoms. The highest BCUT2D eigenvalue weighted by Gasteiger charge is 2.37.